The lowest BCUT2D eigenvalue weighted by atomic mass is 10.1. The van der Waals surface area contributed by atoms with E-state index in [4.69, 9.17) is 10.3 Å². The molecule has 0 radical (unpaired) electrons. The monoisotopic (exact) mass is 265 g/mol. The lowest BCUT2D eigenvalue weighted by Gasteiger charge is -2.23. The van der Waals surface area contributed by atoms with E-state index in [0.717, 1.165) is 31.0 Å². The third-order valence-corrected chi connectivity index (χ3v) is 3.63. The number of carbonyl (C=O) groups excluding carboxylic acids is 1. The Morgan fingerprint density at radius 2 is 1.95 bits per heavy atom. The number of amides is 1. The van der Waals surface area contributed by atoms with Gasteiger partial charge in [-0.2, -0.15) is 0 Å². The largest absolute Gasteiger partial charge is 0.454 e. The van der Waals surface area contributed by atoms with Gasteiger partial charge in [-0.3, -0.25) is 15.1 Å². The van der Waals surface area contributed by atoms with Crippen LogP contribution in [-0.4, -0.2) is 23.9 Å². The van der Waals surface area contributed by atoms with Gasteiger partial charge in [-0.15, -0.1) is 0 Å². The number of hydrazine groups is 1. The number of furan rings is 1. The first kappa shape index (κ1) is 14.1. The van der Waals surface area contributed by atoms with Crippen molar-refractivity contribution in [2.24, 2.45) is 5.84 Å². The van der Waals surface area contributed by atoms with E-state index in [1.807, 2.05) is 13.0 Å². The number of carbonyl (C=O) groups is 1. The molecule has 0 bridgehead atoms. The molecule has 1 aliphatic rings. The van der Waals surface area contributed by atoms with E-state index in [-0.39, 0.29) is 5.91 Å². The van der Waals surface area contributed by atoms with Crippen molar-refractivity contribution in [2.75, 3.05) is 13.1 Å². The van der Waals surface area contributed by atoms with E-state index < -0.39 is 0 Å². The van der Waals surface area contributed by atoms with Gasteiger partial charge in [-0.05, 0) is 38.9 Å². The number of nitrogens with two attached hydrogens (primary N) is 1. The molecule has 2 heterocycles. The molecule has 0 aromatic carbocycles. The summed E-state index contributed by atoms with van der Waals surface area (Å²) in [5.41, 5.74) is 2.95. The van der Waals surface area contributed by atoms with Crippen molar-refractivity contribution in [3.05, 3.63) is 23.2 Å². The highest BCUT2D eigenvalue weighted by Gasteiger charge is 2.16. The van der Waals surface area contributed by atoms with Crippen molar-refractivity contribution in [1.82, 2.24) is 10.3 Å². The Kier molecular flexibility index (Phi) is 4.99. The van der Waals surface area contributed by atoms with Gasteiger partial charge in [0.05, 0.1) is 6.54 Å². The third kappa shape index (κ3) is 3.81. The highest BCUT2D eigenvalue weighted by molar-refractivity contribution is 5.92. The molecule has 2 rings (SSSR count). The maximum absolute atomic E-state index is 11.5. The van der Waals surface area contributed by atoms with Crippen molar-refractivity contribution in [1.29, 1.82) is 0 Å². The van der Waals surface area contributed by atoms with Crippen LogP contribution < -0.4 is 11.3 Å². The van der Waals surface area contributed by atoms with Gasteiger partial charge in [0.1, 0.15) is 5.76 Å². The first-order valence-corrected chi connectivity index (χ1v) is 7.03. The normalized spacial score (nSPS) is 17.8. The lowest BCUT2D eigenvalue weighted by Crippen LogP contribution is -2.30. The number of nitrogen functional groups attached to an aromatic ring is 1. The minimum Gasteiger partial charge on any atom is -0.454 e. The van der Waals surface area contributed by atoms with E-state index in [2.05, 4.69) is 10.3 Å². The van der Waals surface area contributed by atoms with E-state index in [1.54, 1.807) is 0 Å². The van der Waals surface area contributed by atoms with Gasteiger partial charge in [0.2, 0.25) is 0 Å². The van der Waals surface area contributed by atoms with Crippen LogP contribution in [0.15, 0.2) is 10.5 Å². The number of hydrogen-bond acceptors (Lipinski definition) is 4. The molecule has 1 amide bonds. The van der Waals surface area contributed by atoms with Gasteiger partial charge in [0.15, 0.2) is 5.76 Å². The predicted molar refractivity (Wildman–Crippen MR) is 73.5 cm³/mol. The Labute approximate surface area is 114 Å². The minimum absolute atomic E-state index is 0.324. The molecule has 0 atom stereocenters. The molecule has 3 N–H and O–H groups in total. The fourth-order valence-corrected chi connectivity index (χ4v) is 2.61. The summed E-state index contributed by atoms with van der Waals surface area (Å²) in [6.07, 6.45) is 6.48. The highest BCUT2D eigenvalue weighted by atomic mass is 16.4. The number of rotatable bonds is 3. The van der Waals surface area contributed by atoms with Crippen molar-refractivity contribution in [3.63, 3.8) is 0 Å². The molecule has 1 aromatic heterocycles. The molecular weight excluding hydrogens is 242 g/mol. The smallest absolute Gasteiger partial charge is 0.301 e. The van der Waals surface area contributed by atoms with E-state index in [0.29, 0.717) is 5.76 Å². The average molecular weight is 265 g/mol. The minimum atomic E-state index is -0.364. The van der Waals surface area contributed by atoms with Gasteiger partial charge in [0.25, 0.3) is 0 Å². The van der Waals surface area contributed by atoms with Gasteiger partial charge < -0.3 is 4.42 Å². The van der Waals surface area contributed by atoms with Crippen LogP contribution in [0.1, 0.15) is 54.0 Å². The molecule has 1 saturated heterocycles. The van der Waals surface area contributed by atoms with Crippen molar-refractivity contribution < 1.29 is 9.21 Å². The molecule has 19 heavy (non-hydrogen) atoms. The van der Waals surface area contributed by atoms with Crippen LogP contribution in [0.25, 0.3) is 0 Å². The number of likely N-dealkylation sites (tertiary alicyclic amines) is 1. The third-order valence-electron chi connectivity index (χ3n) is 3.63. The van der Waals surface area contributed by atoms with E-state index in [9.17, 15) is 4.79 Å². The van der Waals surface area contributed by atoms with Crippen LogP contribution in [0.4, 0.5) is 0 Å². The maximum Gasteiger partial charge on any atom is 0.301 e. The van der Waals surface area contributed by atoms with Gasteiger partial charge in [-0.25, -0.2) is 5.84 Å². The number of hydrogen-bond donors (Lipinski definition) is 2. The van der Waals surface area contributed by atoms with Crippen LogP contribution in [0, 0.1) is 6.92 Å². The summed E-state index contributed by atoms with van der Waals surface area (Å²) in [6.45, 7) is 4.86. The number of nitrogens with zero attached hydrogens (tertiary/aromatic N) is 1. The summed E-state index contributed by atoms with van der Waals surface area (Å²) in [7, 11) is 0. The zero-order valence-electron chi connectivity index (χ0n) is 11.6. The Balaban J connectivity index is 1.99. The fourth-order valence-electron chi connectivity index (χ4n) is 2.61. The molecule has 5 heteroatoms. The second-order valence-electron chi connectivity index (χ2n) is 5.24. The van der Waals surface area contributed by atoms with Gasteiger partial charge in [0, 0.05) is 5.56 Å². The topological polar surface area (TPSA) is 71.5 Å². The molecule has 1 fully saturated rings. The zero-order valence-corrected chi connectivity index (χ0v) is 11.6. The Morgan fingerprint density at radius 3 is 2.58 bits per heavy atom. The summed E-state index contributed by atoms with van der Waals surface area (Å²) < 4.78 is 5.61. The quantitative estimate of drug-likeness (QED) is 0.498. The maximum atomic E-state index is 11.5. The summed E-state index contributed by atoms with van der Waals surface area (Å²) in [4.78, 5) is 13.9. The van der Waals surface area contributed by atoms with Crippen LogP contribution in [0.5, 0.6) is 0 Å². The van der Waals surface area contributed by atoms with Crippen LogP contribution in [-0.2, 0) is 6.54 Å². The molecule has 0 aliphatic carbocycles. The summed E-state index contributed by atoms with van der Waals surface area (Å²) in [5.74, 6) is 5.94. The van der Waals surface area contributed by atoms with Crippen molar-refractivity contribution >= 4 is 5.91 Å². The molecule has 5 nitrogen and oxygen atoms in total. The van der Waals surface area contributed by atoms with E-state index >= 15 is 0 Å². The van der Waals surface area contributed by atoms with Crippen LogP contribution in [0.2, 0.25) is 0 Å². The first-order valence-electron chi connectivity index (χ1n) is 7.03. The second-order valence-corrected chi connectivity index (χ2v) is 5.24. The van der Waals surface area contributed by atoms with Crippen LogP contribution >= 0.6 is 0 Å². The summed E-state index contributed by atoms with van der Waals surface area (Å²) >= 11 is 0. The Hall–Kier alpha value is -1.33. The number of nitrogens with one attached hydrogen (secondary N) is 1. The van der Waals surface area contributed by atoms with Crippen LogP contribution in [0.3, 0.4) is 0 Å². The standard InChI is InChI=1S/C14H23N3O2/c1-11-9-12(19-13(11)14(18)16-15)10-17-7-5-3-2-4-6-8-17/h9H,2-8,10,15H2,1H3,(H,16,18). The zero-order chi connectivity index (χ0) is 13.7. The summed E-state index contributed by atoms with van der Waals surface area (Å²) in [6, 6.07) is 1.93. The average Bonchev–Trinajstić information content (AvgIpc) is 2.72. The highest BCUT2D eigenvalue weighted by Crippen LogP contribution is 2.18. The predicted octanol–water partition coefficient (Wildman–Crippen LogP) is 1.96. The Bertz CT molecular complexity index is 420. The second kappa shape index (κ2) is 6.73. The first-order chi connectivity index (χ1) is 9.20. The molecule has 0 spiro atoms. The lowest BCUT2D eigenvalue weighted by molar-refractivity contribution is 0.0921. The molecule has 0 unspecified atom stereocenters. The SMILES string of the molecule is Cc1cc(CN2CCCCCCC2)oc1C(=O)NN. The molecule has 106 valence electrons. The van der Waals surface area contributed by atoms with E-state index in [1.165, 1.54) is 32.1 Å². The number of aryl methyl sites for hydroxylation is 1. The van der Waals surface area contributed by atoms with Gasteiger partial charge >= 0.3 is 5.91 Å². The molecule has 0 saturated carbocycles. The van der Waals surface area contributed by atoms with Gasteiger partial charge in [-0.1, -0.05) is 19.3 Å². The van der Waals surface area contributed by atoms with Crippen molar-refractivity contribution in [3.8, 4) is 0 Å². The molecule has 1 aromatic rings. The molecule has 1 aliphatic heterocycles. The van der Waals surface area contributed by atoms with Crippen molar-refractivity contribution in [2.45, 2.75) is 45.6 Å². The Morgan fingerprint density at radius 1 is 1.32 bits per heavy atom. The fraction of sp³-hybridized carbons (Fsp3) is 0.643. The summed E-state index contributed by atoms with van der Waals surface area (Å²) in [5, 5.41) is 0. The molecular formula is C14H23N3O2.